The molecule has 1 aliphatic carbocycles. The van der Waals surface area contributed by atoms with Gasteiger partial charge in [0.25, 0.3) is 5.56 Å². The average Bonchev–Trinajstić information content (AvgIpc) is 3.06. The highest BCUT2D eigenvalue weighted by Gasteiger charge is 2.21. The summed E-state index contributed by atoms with van der Waals surface area (Å²) in [6.45, 7) is 0. The van der Waals surface area contributed by atoms with Crippen molar-refractivity contribution in [3.05, 3.63) is 45.1 Å². The Hall–Kier alpha value is -2.06. The summed E-state index contributed by atoms with van der Waals surface area (Å²) in [5, 5.41) is 0.661. The maximum Gasteiger partial charge on any atom is 0.332 e. The molecule has 2 heterocycles. The fourth-order valence-corrected chi connectivity index (χ4v) is 4.64. The Labute approximate surface area is 135 Å². The summed E-state index contributed by atoms with van der Waals surface area (Å²) in [7, 11) is -4.73. The standard InChI is InChI=1S/C15H11FN2O3S2/c16-23(20,21)9-6-4-8(5-7-9)13-17-14(19)12-10-2-1-3-11(10)22-15(12)18-13/h4-7H,1-3H2,(H,17,18,19). The van der Waals surface area contributed by atoms with Crippen LogP contribution in [0.25, 0.3) is 21.6 Å². The van der Waals surface area contributed by atoms with Crippen molar-refractivity contribution < 1.29 is 12.3 Å². The quantitative estimate of drug-likeness (QED) is 0.721. The Morgan fingerprint density at radius 3 is 2.61 bits per heavy atom. The van der Waals surface area contributed by atoms with Crippen LogP contribution in [0.1, 0.15) is 16.9 Å². The predicted octanol–water partition coefficient (Wildman–Crippen LogP) is 2.80. The molecule has 0 fully saturated rings. The van der Waals surface area contributed by atoms with Gasteiger partial charge in [-0.15, -0.1) is 15.2 Å². The van der Waals surface area contributed by atoms with Gasteiger partial charge in [-0.1, -0.05) is 0 Å². The van der Waals surface area contributed by atoms with Gasteiger partial charge >= 0.3 is 10.2 Å². The van der Waals surface area contributed by atoms with Crippen LogP contribution >= 0.6 is 11.3 Å². The lowest BCUT2D eigenvalue weighted by atomic mass is 10.2. The molecule has 3 aromatic rings. The van der Waals surface area contributed by atoms with Crippen LogP contribution in [-0.2, 0) is 23.1 Å². The lowest BCUT2D eigenvalue weighted by Crippen LogP contribution is -2.09. The number of aromatic nitrogens is 2. The second-order valence-electron chi connectivity index (χ2n) is 5.41. The first-order valence-electron chi connectivity index (χ1n) is 7.03. The first-order chi connectivity index (χ1) is 10.9. The van der Waals surface area contributed by atoms with Gasteiger partial charge in [-0.3, -0.25) is 4.79 Å². The third-order valence-corrected chi connectivity index (χ3v) is 6.01. The van der Waals surface area contributed by atoms with Crippen molar-refractivity contribution >= 4 is 31.8 Å². The van der Waals surface area contributed by atoms with E-state index in [0.717, 1.165) is 37.0 Å². The smallest absolute Gasteiger partial charge is 0.306 e. The minimum atomic E-state index is -4.73. The monoisotopic (exact) mass is 350 g/mol. The number of rotatable bonds is 2. The van der Waals surface area contributed by atoms with Gasteiger partial charge in [0, 0.05) is 10.4 Å². The normalized spacial score (nSPS) is 14.3. The number of nitrogens with zero attached hydrogens (tertiary/aromatic N) is 1. The summed E-state index contributed by atoms with van der Waals surface area (Å²) in [5.41, 5.74) is 1.45. The van der Waals surface area contributed by atoms with E-state index in [1.807, 2.05) is 0 Å². The summed E-state index contributed by atoms with van der Waals surface area (Å²) >= 11 is 1.53. The van der Waals surface area contributed by atoms with E-state index < -0.39 is 15.1 Å². The average molecular weight is 350 g/mol. The highest BCUT2D eigenvalue weighted by Crippen LogP contribution is 2.35. The van der Waals surface area contributed by atoms with Crippen LogP contribution in [-0.4, -0.2) is 18.4 Å². The molecule has 23 heavy (non-hydrogen) atoms. The minimum absolute atomic E-state index is 0.188. The molecular formula is C15H11FN2O3S2. The second kappa shape index (κ2) is 4.97. The molecule has 8 heteroatoms. The van der Waals surface area contributed by atoms with Gasteiger partial charge in [0.15, 0.2) is 0 Å². The van der Waals surface area contributed by atoms with Crippen LogP contribution in [0.2, 0.25) is 0 Å². The maximum atomic E-state index is 12.9. The number of nitrogens with one attached hydrogen (secondary N) is 1. The fraction of sp³-hybridized carbons (Fsp3) is 0.200. The van der Waals surface area contributed by atoms with Crippen LogP contribution in [0.4, 0.5) is 3.89 Å². The van der Waals surface area contributed by atoms with E-state index >= 15 is 0 Å². The number of benzene rings is 1. The van der Waals surface area contributed by atoms with Gasteiger partial charge in [-0.25, -0.2) is 4.98 Å². The zero-order chi connectivity index (χ0) is 16.2. The summed E-state index contributed by atoms with van der Waals surface area (Å²) in [5.74, 6) is 0.352. The van der Waals surface area contributed by atoms with Crippen LogP contribution in [0.5, 0.6) is 0 Å². The summed E-state index contributed by atoms with van der Waals surface area (Å²) in [6, 6.07) is 5.17. The number of aromatic amines is 1. The predicted molar refractivity (Wildman–Crippen MR) is 86.0 cm³/mol. The molecule has 0 atom stereocenters. The van der Waals surface area contributed by atoms with Crippen molar-refractivity contribution in [1.82, 2.24) is 9.97 Å². The molecule has 0 saturated carbocycles. The number of H-pyrrole nitrogens is 1. The van der Waals surface area contributed by atoms with E-state index in [0.29, 0.717) is 21.6 Å². The molecule has 0 amide bonds. The Morgan fingerprint density at radius 1 is 1.17 bits per heavy atom. The molecule has 0 saturated heterocycles. The lowest BCUT2D eigenvalue weighted by molar-refractivity contribution is 0.552. The van der Waals surface area contributed by atoms with Gasteiger partial charge < -0.3 is 4.98 Å². The van der Waals surface area contributed by atoms with Crippen molar-refractivity contribution in [1.29, 1.82) is 0 Å². The molecule has 0 spiro atoms. The maximum absolute atomic E-state index is 12.9. The Balaban J connectivity index is 1.85. The minimum Gasteiger partial charge on any atom is -0.306 e. The zero-order valence-corrected chi connectivity index (χ0v) is 13.4. The van der Waals surface area contributed by atoms with E-state index in [1.165, 1.54) is 28.3 Å². The van der Waals surface area contributed by atoms with Crippen molar-refractivity contribution in [3.63, 3.8) is 0 Å². The SMILES string of the molecule is O=c1[nH]c(-c2ccc(S(=O)(=O)F)cc2)nc2sc3c(c12)CCC3. The number of hydrogen-bond donors (Lipinski definition) is 1. The van der Waals surface area contributed by atoms with Gasteiger partial charge in [0.2, 0.25) is 0 Å². The van der Waals surface area contributed by atoms with Gasteiger partial charge in [0.1, 0.15) is 10.7 Å². The third-order valence-electron chi connectivity index (χ3n) is 3.98. The molecule has 5 nitrogen and oxygen atoms in total. The molecule has 0 unspecified atom stereocenters. The lowest BCUT2D eigenvalue weighted by Gasteiger charge is -2.02. The fourth-order valence-electron chi connectivity index (χ4n) is 2.91. The van der Waals surface area contributed by atoms with Crippen LogP contribution < -0.4 is 5.56 Å². The van der Waals surface area contributed by atoms with Gasteiger partial charge in [-0.2, -0.15) is 8.42 Å². The molecule has 118 valence electrons. The molecule has 0 bridgehead atoms. The van der Waals surface area contributed by atoms with E-state index in [2.05, 4.69) is 9.97 Å². The first kappa shape index (κ1) is 14.5. The third kappa shape index (κ3) is 2.38. The largest absolute Gasteiger partial charge is 0.332 e. The molecule has 1 aliphatic rings. The highest BCUT2D eigenvalue weighted by atomic mass is 32.3. The number of halogens is 1. The molecule has 0 aliphatic heterocycles. The molecular weight excluding hydrogens is 339 g/mol. The number of hydrogen-bond acceptors (Lipinski definition) is 5. The summed E-state index contributed by atoms with van der Waals surface area (Å²) < 4.78 is 34.6. The molecule has 2 aromatic heterocycles. The van der Waals surface area contributed by atoms with Gasteiger partial charge in [0.05, 0.1) is 10.3 Å². The van der Waals surface area contributed by atoms with Crippen LogP contribution in [0.3, 0.4) is 0 Å². The number of aryl methyl sites for hydroxylation is 2. The van der Waals surface area contributed by atoms with E-state index in [9.17, 15) is 17.1 Å². The van der Waals surface area contributed by atoms with Crippen LogP contribution in [0.15, 0.2) is 34.0 Å². The molecule has 0 radical (unpaired) electrons. The van der Waals surface area contributed by atoms with Crippen molar-refractivity contribution in [2.24, 2.45) is 0 Å². The molecule has 1 N–H and O–H groups in total. The van der Waals surface area contributed by atoms with E-state index in [4.69, 9.17) is 0 Å². The molecule has 1 aromatic carbocycles. The van der Waals surface area contributed by atoms with Crippen molar-refractivity contribution in [2.45, 2.75) is 24.2 Å². The Kier molecular flexibility index (Phi) is 3.14. The van der Waals surface area contributed by atoms with Gasteiger partial charge in [-0.05, 0) is 49.1 Å². The molecule has 4 rings (SSSR count). The summed E-state index contributed by atoms with van der Waals surface area (Å²) in [6.07, 6.45) is 2.95. The van der Waals surface area contributed by atoms with Crippen molar-refractivity contribution in [2.75, 3.05) is 0 Å². The van der Waals surface area contributed by atoms with E-state index in [-0.39, 0.29) is 5.56 Å². The van der Waals surface area contributed by atoms with Crippen molar-refractivity contribution in [3.8, 4) is 11.4 Å². The zero-order valence-electron chi connectivity index (χ0n) is 11.8. The first-order valence-corrected chi connectivity index (χ1v) is 9.23. The second-order valence-corrected chi connectivity index (χ2v) is 7.84. The number of fused-ring (bicyclic) bond motifs is 3. The Morgan fingerprint density at radius 2 is 1.91 bits per heavy atom. The van der Waals surface area contributed by atoms with E-state index in [1.54, 1.807) is 0 Å². The Bertz CT molecular complexity index is 1080. The summed E-state index contributed by atoms with van der Waals surface area (Å²) in [4.78, 5) is 21.1. The number of thiophene rings is 1. The topological polar surface area (TPSA) is 79.9 Å². The highest BCUT2D eigenvalue weighted by molar-refractivity contribution is 7.86. The van der Waals surface area contributed by atoms with Crippen LogP contribution in [0, 0.1) is 0 Å².